The molecule has 1 N–H and O–H groups in total. The molecule has 4 heteroatoms. The number of carbonyl (C=O) groups is 2. The maximum absolute atomic E-state index is 13.1. The summed E-state index contributed by atoms with van der Waals surface area (Å²) >= 11 is 0. The molecule has 3 aromatic rings. The van der Waals surface area contributed by atoms with E-state index < -0.39 is 0 Å². The Kier molecular flexibility index (Phi) is 7.78. The summed E-state index contributed by atoms with van der Waals surface area (Å²) in [5, 5.41) is 2.93. The predicted octanol–water partition coefficient (Wildman–Crippen LogP) is 4.47. The van der Waals surface area contributed by atoms with E-state index in [9.17, 15) is 9.59 Å². The third-order valence-electron chi connectivity index (χ3n) is 4.98. The van der Waals surface area contributed by atoms with E-state index in [1.807, 2.05) is 78.6 Å². The van der Waals surface area contributed by atoms with E-state index in [1.54, 1.807) is 12.1 Å². The van der Waals surface area contributed by atoms with Gasteiger partial charge in [-0.2, -0.15) is 0 Å². The Balaban J connectivity index is 1.62. The highest BCUT2D eigenvalue weighted by molar-refractivity contribution is 5.94. The Bertz CT molecular complexity index is 927. The smallest absolute Gasteiger partial charge is 0.251 e. The molecule has 0 aliphatic carbocycles. The molecule has 2 amide bonds. The minimum absolute atomic E-state index is 0.0376. The summed E-state index contributed by atoms with van der Waals surface area (Å²) in [6.45, 7) is 3.07. The van der Waals surface area contributed by atoms with Crippen LogP contribution in [0.5, 0.6) is 0 Å². The quantitative estimate of drug-likeness (QED) is 0.576. The van der Waals surface area contributed by atoms with Gasteiger partial charge >= 0.3 is 0 Å². The maximum Gasteiger partial charge on any atom is 0.251 e. The van der Waals surface area contributed by atoms with Crippen LogP contribution in [0.1, 0.15) is 34.8 Å². The Morgan fingerprint density at radius 1 is 0.800 bits per heavy atom. The van der Waals surface area contributed by atoms with E-state index in [2.05, 4.69) is 17.4 Å². The molecule has 0 bridgehead atoms. The molecule has 4 nitrogen and oxygen atoms in total. The zero-order valence-corrected chi connectivity index (χ0v) is 17.3. The highest BCUT2D eigenvalue weighted by atomic mass is 16.2. The van der Waals surface area contributed by atoms with E-state index in [0.717, 1.165) is 12.0 Å². The summed E-state index contributed by atoms with van der Waals surface area (Å²) in [7, 11) is 0. The van der Waals surface area contributed by atoms with E-state index in [4.69, 9.17) is 0 Å². The van der Waals surface area contributed by atoms with E-state index in [0.29, 0.717) is 18.7 Å². The minimum atomic E-state index is -0.250. The molecule has 30 heavy (non-hydrogen) atoms. The standard InChI is InChI=1S/C26H28N2O2/c1-21(27-26(30)24-15-9-4-10-16-24)19-25(29)28(20-23-13-7-3-8-14-23)18-17-22-11-5-2-6-12-22/h2-16,21H,17-20H2,1H3,(H,27,30). The lowest BCUT2D eigenvalue weighted by Gasteiger charge is -2.25. The Morgan fingerprint density at radius 2 is 1.33 bits per heavy atom. The van der Waals surface area contributed by atoms with Gasteiger partial charge < -0.3 is 10.2 Å². The van der Waals surface area contributed by atoms with Gasteiger partial charge in [0, 0.05) is 31.1 Å². The Morgan fingerprint density at radius 3 is 1.93 bits per heavy atom. The molecule has 0 heterocycles. The van der Waals surface area contributed by atoms with Gasteiger partial charge in [-0.05, 0) is 36.6 Å². The largest absolute Gasteiger partial charge is 0.349 e. The van der Waals surface area contributed by atoms with Gasteiger partial charge in [-0.25, -0.2) is 0 Å². The first-order chi connectivity index (χ1) is 14.6. The number of hydrogen-bond donors (Lipinski definition) is 1. The lowest BCUT2D eigenvalue weighted by Crippen LogP contribution is -2.39. The van der Waals surface area contributed by atoms with Gasteiger partial charge in [0.05, 0.1) is 0 Å². The molecule has 3 aromatic carbocycles. The molecule has 0 aliphatic rings. The fourth-order valence-corrected chi connectivity index (χ4v) is 3.34. The van der Waals surface area contributed by atoms with Crippen LogP contribution in [0.15, 0.2) is 91.0 Å². The average molecular weight is 401 g/mol. The van der Waals surface area contributed by atoms with Crippen molar-refractivity contribution >= 4 is 11.8 Å². The van der Waals surface area contributed by atoms with Crippen LogP contribution in [-0.4, -0.2) is 29.3 Å². The zero-order chi connectivity index (χ0) is 21.2. The van der Waals surface area contributed by atoms with Gasteiger partial charge in [-0.1, -0.05) is 78.9 Å². The average Bonchev–Trinajstić information content (AvgIpc) is 2.78. The van der Waals surface area contributed by atoms with Crippen molar-refractivity contribution in [1.29, 1.82) is 0 Å². The summed E-state index contributed by atoms with van der Waals surface area (Å²) in [4.78, 5) is 27.3. The normalized spacial score (nSPS) is 11.5. The molecular weight excluding hydrogens is 372 g/mol. The fourth-order valence-electron chi connectivity index (χ4n) is 3.34. The second kappa shape index (κ2) is 11.0. The van der Waals surface area contributed by atoms with Crippen LogP contribution in [0.4, 0.5) is 0 Å². The lowest BCUT2D eigenvalue weighted by molar-refractivity contribution is -0.132. The van der Waals surface area contributed by atoms with Gasteiger partial charge in [0.25, 0.3) is 5.91 Å². The number of amides is 2. The van der Waals surface area contributed by atoms with E-state index in [1.165, 1.54) is 5.56 Å². The number of nitrogens with zero attached hydrogens (tertiary/aromatic N) is 1. The van der Waals surface area contributed by atoms with Crippen LogP contribution in [0.2, 0.25) is 0 Å². The first kappa shape index (κ1) is 21.3. The first-order valence-electron chi connectivity index (χ1n) is 10.3. The van der Waals surface area contributed by atoms with Crippen molar-refractivity contribution < 1.29 is 9.59 Å². The zero-order valence-electron chi connectivity index (χ0n) is 17.3. The van der Waals surface area contributed by atoms with Crippen molar-refractivity contribution in [3.05, 3.63) is 108 Å². The topological polar surface area (TPSA) is 49.4 Å². The number of rotatable bonds is 9. The highest BCUT2D eigenvalue weighted by Crippen LogP contribution is 2.10. The van der Waals surface area contributed by atoms with Crippen molar-refractivity contribution in [3.8, 4) is 0 Å². The highest BCUT2D eigenvalue weighted by Gasteiger charge is 2.19. The number of benzene rings is 3. The molecule has 0 aromatic heterocycles. The van der Waals surface area contributed by atoms with Gasteiger partial charge in [0.2, 0.25) is 5.91 Å². The van der Waals surface area contributed by atoms with Crippen LogP contribution >= 0.6 is 0 Å². The minimum Gasteiger partial charge on any atom is -0.349 e. The van der Waals surface area contributed by atoms with Crippen LogP contribution in [0.3, 0.4) is 0 Å². The van der Waals surface area contributed by atoms with Crippen molar-refractivity contribution in [2.24, 2.45) is 0 Å². The second-order valence-corrected chi connectivity index (χ2v) is 7.48. The number of hydrogen-bond acceptors (Lipinski definition) is 2. The van der Waals surface area contributed by atoms with Gasteiger partial charge in [0.1, 0.15) is 0 Å². The molecule has 0 saturated heterocycles. The Labute approximate surface area is 178 Å². The van der Waals surface area contributed by atoms with Crippen molar-refractivity contribution in [2.75, 3.05) is 6.54 Å². The third kappa shape index (κ3) is 6.59. The maximum atomic E-state index is 13.1. The monoisotopic (exact) mass is 400 g/mol. The molecular formula is C26H28N2O2. The van der Waals surface area contributed by atoms with Crippen molar-refractivity contribution in [3.63, 3.8) is 0 Å². The van der Waals surface area contributed by atoms with E-state index >= 15 is 0 Å². The molecule has 0 saturated carbocycles. The fraction of sp³-hybridized carbons (Fsp3) is 0.231. The van der Waals surface area contributed by atoms with Crippen LogP contribution in [-0.2, 0) is 17.8 Å². The number of nitrogens with one attached hydrogen (secondary N) is 1. The molecule has 3 rings (SSSR count). The van der Waals surface area contributed by atoms with Crippen LogP contribution < -0.4 is 5.32 Å². The second-order valence-electron chi connectivity index (χ2n) is 7.48. The summed E-state index contributed by atoms with van der Waals surface area (Å²) in [6.07, 6.45) is 1.06. The van der Waals surface area contributed by atoms with Crippen molar-refractivity contribution in [2.45, 2.75) is 32.4 Å². The molecule has 154 valence electrons. The molecule has 1 unspecified atom stereocenters. The molecule has 0 radical (unpaired) electrons. The number of carbonyl (C=O) groups excluding carboxylic acids is 2. The summed E-state index contributed by atoms with van der Waals surface area (Å²) < 4.78 is 0. The van der Waals surface area contributed by atoms with Crippen LogP contribution in [0, 0.1) is 0 Å². The van der Waals surface area contributed by atoms with Gasteiger partial charge in [0.15, 0.2) is 0 Å². The SMILES string of the molecule is CC(CC(=O)N(CCc1ccccc1)Cc1ccccc1)NC(=O)c1ccccc1. The predicted molar refractivity (Wildman–Crippen MR) is 120 cm³/mol. The molecule has 0 spiro atoms. The first-order valence-corrected chi connectivity index (χ1v) is 10.3. The van der Waals surface area contributed by atoms with E-state index in [-0.39, 0.29) is 24.3 Å². The van der Waals surface area contributed by atoms with Gasteiger partial charge in [-0.15, -0.1) is 0 Å². The Hall–Kier alpha value is -3.40. The van der Waals surface area contributed by atoms with Gasteiger partial charge in [-0.3, -0.25) is 9.59 Å². The third-order valence-corrected chi connectivity index (χ3v) is 4.98. The summed E-state index contributed by atoms with van der Waals surface area (Å²) in [5.74, 6) is -0.120. The molecule has 0 aliphatic heterocycles. The van der Waals surface area contributed by atoms with Crippen LogP contribution in [0.25, 0.3) is 0 Å². The molecule has 1 atom stereocenters. The lowest BCUT2D eigenvalue weighted by atomic mass is 10.1. The summed E-state index contributed by atoms with van der Waals surface area (Å²) in [5.41, 5.74) is 2.90. The van der Waals surface area contributed by atoms with Crippen molar-refractivity contribution in [1.82, 2.24) is 10.2 Å². The summed E-state index contributed by atoms with van der Waals surface area (Å²) in [6, 6.07) is 29.0. The molecule has 0 fully saturated rings.